The fourth-order valence-electron chi connectivity index (χ4n) is 1.65. The molecule has 19 heavy (non-hydrogen) atoms. The number of aromatic nitrogens is 2. The van der Waals surface area contributed by atoms with Crippen LogP contribution in [0.2, 0.25) is 0 Å². The van der Waals surface area contributed by atoms with Crippen molar-refractivity contribution in [3.63, 3.8) is 0 Å². The van der Waals surface area contributed by atoms with Crippen molar-refractivity contribution in [1.29, 1.82) is 0 Å². The predicted octanol–water partition coefficient (Wildman–Crippen LogP) is 2.01. The van der Waals surface area contributed by atoms with Gasteiger partial charge in [-0.2, -0.15) is 5.10 Å². The van der Waals surface area contributed by atoms with E-state index >= 15 is 0 Å². The van der Waals surface area contributed by atoms with Crippen molar-refractivity contribution in [1.82, 2.24) is 14.9 Å². The fraction of sp³-hybridized carbons (Fsp3) is 0.769. The second-order valence-electron chi connectivity index (χ2n) is 6.15. The first-order valence-electron chi connectivity index (χ1n) is 6.66. The molecule has 1 rings (SSSR count). The average Bonchev–Trinajstić information content (AvgIpc) is 2.67. The zero-order valence-corrected chi connectivity index (χ0v) is 13.1. The van der Waals surface area contributed by atoms with Crippen LogP contribution in [0.15, 0.2) is 6.20 Å². The lowest BCUT2D eigenvalue weighted by atomic mass is 9.94. The van der Waals surface area contributed by atoms with Crippen LogP contribution in [-0.2, 0) is 16.4 Å². The average molecular weight is 287 g/mol. The molecule has 110 valence electrons. The lowest BCUT2D eigenvalue weighted by molar-refractivity contribution is 0.396. The van der Waals surface area contributed by atoms with E-state index in [2.05, 4.69) is 14.9 Å². The van der Waals surface area contributed by atoms with E-state index < -0.39 is 10.0 Å². The van der Waals surface area contributed by atoms with Crippen molar-refractivity contribution >= 4 is 10.0 Å². The summed E-state index contributed by atoms with van der Waals surface area (Å²) in [5.41, 5.74) is 2.24. The number of hydrogen-bond acceptors (Lipinski definition) is 3. The molecule has 0 aliphatic heterocycles. The molecule has 0 aliphatic carbocycles. The van der Waals surface area contributed by atoms with Crippen LogP contribution < -0.4 is 4.72 Å². The van der Waals surface area contributed by atoms with Crippen LogP contribution >= 0.6 is 0 Å². The second-order valence-corrected chi connectivity index (χ2v) is 8.07. The maximum atomic E-state index is 11.8. The van der Waals surface area contributed by atoms with Gasteiger partial charge in [-0.25, -0.2) is 13.1 Å². The molecule has 1 aromatic heterocycles. The molecule has 0 unspecified atom stereocenters. The first-order valence-corrected chi connectivity index (χ1v) is 8.31. The molecule has 1 heterocycles. The number of nitrogens with one attached hydrogen (secondary N) is 2. The monoisotopic (exact) mass is 287 g/mol. The van der Waals surface area contributed by atoms with Crippen LogP contribution in [0.5, 0.6) is 0 Å². The summed E-state index contributed by atoms with van der Waals surface area (Å²) in [7, 11) is -3.14. The second kappa shape index (κ2) is 6.52. The van der Waals surface area contributed by atoms with Crippen LogP contribution in [0, 0.1) is 12.3 Å². The molecule has 0 radical (unpaired) electrons. The van der Waals surface area contributed by atoms with E-state index in [1.165, 1.54) is 0 Å². The summed E-state index contributed by atoms with van der Waals surface area (Å²) < 4.78 is 26.2. The van der Waals surface area contributed by atoms with Gasteiger partial charge in [-0.15, -0.1) is 0 Å². The van der Waals surface area contributed by atoms with Crippen molar-refractivity contribution in [2.24, 2.45) is 5.41 Å². The van der Waals surface area contributed by atoms with Gasteiger partial charge in [-0.05, 0) is 37.2 Å². The number of H-pyrrole nitrogens is 1. The molecule has 0 aromatic carbocycles. The van der Waals surface area contributed by atoms with Crippen LogP contribution in [0.3, 0.4) is 0 Å². The highest BCUT2D eigenvalue weighted by Gasteiger charge is 2.16. The number of nitrogens with zero attached hydrogens (tertiary/aromatic N) is 1. The van der Waals surface area contributed by atoms with Crippen LogP contribution in [0.4, 0.5) is 0 Å². The Morgan fingerprint density at radius 3 is 2.58 bits per heavy atom. The van der Waals surface area contributed by atoms with Gasteiger partial charge in [0.05, 0.1) is 11.9 Å². The minimum atomic E-state index is -3.14. The van der Waals surface area contributed by atoms with Crippen molar-refractivity contribution in [3.8, 4) is 0 Å². The smallest absolute Gasteiger partial charge is 0.211 e. The minimum Gasteiger partial charge on any atom is -0.283 e. The summed E-state index contributed by atoms with van der Waals surface area (Å²) in [6, 6.07) is 0. The summed E-state index contributed by atoms with van der Waals surface area (Å²) in [6.07, 6.45) is 4.09. The van der Waals surface area contributed by atoms with Gasteiger partial charge in [0, 0.05) is 12.2 Å². The number of rotatable bonds is 7. The molecule has 0 amide bonds. The quantitative estimate of drug-likeness (QED) is 0.753. The molecular formula is C13H25N3O2S. The topological polar surface area (TPSA) is 74.8 Å². The summed E-state index contributed by atoms with van der Waals surface area (Å²) >= 11 is 0. The Hall–Kier alpha value is -0.880. The Labute approximate surface area is 116 Å². The van der Waals surface area contributed by atoms with Crippen molar-refractivity contribution in [2.45, 2.75) is 47.0 Å². The zero-order valence-electron chi connectivity index (χ0n) is 12.3. The fourth-order valence-corrected chi connectivity index (χ4v) is 3.13. The van der Waals surface area contributed by atoms with Gasteiger partial charge in [0.2, 0.25) is 10.0 Å². The summed E-state index contributed by atoms with van der Waals surface area (Å²) in [4.78, 5) is 0. The van der Waals surface area contributed by atoms with Crippen molar-refractivity contribution in [2.75, 3.05) is 12.3 Å². The third-order valence-corrected chi connectivity index (χ3v) is 4.39. The van der Waals surface area contributed by atoms with E-state index in [0.29, 0.717) is 13.0 Å². The SMILES string of the molecule is Cc1[nH]ncc1CCCNS(=O)(=O)CCC(C)(C)C. The first-order chi connectivity index (χ1) is 8.70. The van der Waals surface area contributed by atoms with Gasteiger partial charge in [0.25, 0.3) is 0 Å². The standard InChI is InChI=1S/C13H25N3O2S/c1-11-12(10-14-16-11)6-5-8-15-19(17,18)9-7-13(2,3)4/h10,15H,5-9H2,1-4H3,(H,14,16). The predicted molar refractivity (Wildman–Crippen MR) is 77.5 cm³/mol. The maximum Gasteiger partial charge on any atom is 0.211 e. The molecule has 0 bridgehead atoms. The largest absolute Gasteiger partial charge is 0.283 e. The van der Waals surface area contributed by atoms with E-state index in [0.717, 1.165) is 24.1 Å². The highest BCUT2D eigenvalue weighted by Crippen LogP contribution is 2.18. The number of hydrogen-bond donors (Lipinski definition) is 2. The van der Waals surface area contributed by atoms with E-state index in [9.17, 15) is 8.42 Å². The Morgan fingerprint density at radius 2 is 2.05 bits per heavy atom. The molecule has 0 saturated heterocycles. The molecular weight excluding hydrogens is 262 g/mol. The molecule has 0 fully saturated rings. The lowest BCUT2D eigenvalue weighted by Crippen LogP contribution is -2.29. The minimum absolute atomic E-state index is 0.0443. The maximum absolute atomic E-state index is 11.8. The number of sulfonamides is 1. The van der Waals surface area contributed by atoms with Crippen LogP contribution in [0.25, 0.3) is 0 Å². The van der Waals surface area contributed by atoms with Gasteiger partial charge in [0.1, 0.15) is 0 Å². The Bertz CT molecular complexity index is 486. The van der Waals surface area contributed by atoms with Crippen molar-refractivity contribution in [3.05, 3.63) is 17.5 Å². The van der Waals surface area contributed by atoms with Crippen molar-refractivity contribution < 1.29 is 8.42 Å². The van der Waals surface area contributed by atoms with E-state index in [4.69, 9.17) is 0 Å². The number of aromatic amines is 1. The summed E-state index contributed by atoms with van der Waals surface area (Å²) in [6.45, 7) is 8.59. The summed E-state index contributed by atoms with van der Waals surface area (Å²) in [5, 5.41) is 6.82. The van der Waals surface area contributed by atoms with E-state index in [1.54, 1.807) is 6.20 Å². The normalized spacial score (nSPS) is 12.8. The molecule has 2 N–H and O–H groups in total. The third-order valence-electron chi connectivity index (χ3n) is 3.00. The van der Waals surface area contributed by atoms with Gasteiger partial charge in [-0.1, -0.05) is 20.8 Å². The number of aryl methyl sites for hydroxylation is 2. The Kier molecular flexibility index (Phi) is 5.55. The highest BCUT2D eigenvalue weighted by molar-refractivity contribution is 7.89. The molecule has 5 nitrogen and oxygen atoms in total. The first kappa shape index (κ1) is 16.2. The molecule has 6 heteroatoms. The van der Waals surface area contributed by atoms with Crippen LogP contribution in [-0.4, -0.2) is 30.9 Å². The lowest BCUT2D eigenvalue weighted by Gasteiger charge is -2.17. The zero-order chi connectivity index (χ0) is 14.5. The summed E-state index contributed by atoms with van der Waals surface area (Å²) in [5.74, 6) is 0.196. The highest BCUT2D eigenvalue weighted by atomic mass is 32.2. The van der Waals surface area contributed by atoms with E-state index in [-0.39, 0.29) is 11.2 Å². The van der Waals surface area contributed by atoms with Crippen LogP contribution in [0.1, 0.15) is 44.9 Å². The molecule has 0 atom stereocenters. The Balaban J connectivity index is 2.27. The van der Waals surface area contributed by atoms with Gasteiger partial charge in [-0.3, -0.25) is 5.10 Å². The van der Waals surface area contributed by atoms with Gasteiger partial charge < -0.3 is 0 Å². The Morgan fingerprint density at radius 1 is 1.37 bits per heavy atom. The molecule has 0 spiro atoms. The molecule has 0 saturated carbocycles. The molecule has 1 aromatic rings. The third kappa shape index (κ3) is 6.73. The van der Waals surface area contributed by atoms with Gasteiger partial charge in [0.15, 0.2) is 0 Å². The van der Waals surface area contributed by atoms with Gasteiger partial charge >= 0.3 is 0 Å². The van der Waals surface area contributed by atoms with E-state index in [1.807, 2.05) is 27.7 Å². The molecule has 0 aliphatic rings.